The van der Waals surface area contributed by atoms with E-state index in [-0.39, 0.29) is 59.9 Å². The van der Waals surface area contributed by atoms with Crippen molar-refractivity contribution in [1.82, 2.24) is 10.9 Å². The van der Waals surface area contributed by atoms with Crippen molar-refractivity contribution in [2.75, 3.05) is 0 Å². The predicted molar refractivity (Wildman–Crippen MR) is 106 cm³/mol. The Morgan fingerprint density at radius 3 is 1.43 bits per heavy atom. The van der Waals surface area contributed by atoms with Crippen LogP contribution in [-0.4, -0.2) is 34.8 Å². The molecule has 154 valence electrons. The Labute approximate surface area is 165 Å². The van der Waals surface area contributed by atoms with Crippen LogP contribution in [0.1, 0.15) is 79.1 Å². The van der Waals surface area contributed by atoms with Crippen molar-refractivity contribution in [3.63, 3.8) is 0 Å². The molecule has 0 spiro atoms. The minimum absolute atomic E-state index is 0.0325. The standard InChI is InChI=1S/C20H30N4O4/c1-19(2)9-13(7-15(25)11-19)21-23-17(27)5-6-18(28)24-22-14-8-16(26)12-20(3,4)10-14/h5-12H2,1-4H3,(H,23,27)(H,24,28)/b21-13+,22-14+. The molecule has 2 aliphatic carbocycles. The molecule has 8 heteroatoms. The second-order valence-electron chi connectivity index (χ2n) is 9.39. The van der Waals surface area contributed by atoms with E-state index in [9.17, 15) is 19.2 Å². The maximum atomic E-state index is 11.9. The summed E-state index contributed by atoms with van der Waals surface area (Å²) in [4.78, 5) is 47.3. The summed E-state index contributed by atoms with van der Waals surface area (Å²) in [5, 5.41) is 8.10. The lowest BCUT2D eigenvalue weighted by molar-refractivity contribution is -0.126. The molecule has 0 saturated heterocycles. The molecular weight excluding hydrogens is 360 g/mol. The number of hydrogen-bond donors (Lipinski definition) is 2. The average molecular weight is 390 g/mol. The highest BCUT2D eigenvalue weighted by atomic mass is 16.2. The van der Waals surface area contributed by atoms with Gasteiger partial charge in [-0.25, -0.2) is 10.9 Å². The van der Waals surface area contributed by atoms with Crippen molar-refractivity contribution in [2.45, 2.75) is 79.1 Å². The third-order valence-electron chi connectivity index (χ3n) is 4.78. The van der Waals surface area contributed by atoms with Gasteiger partial charge in [0.05, 0.1) is 0 Å². The van der Waals surface area contributed by atoms with E-state index in [1.807, 2.05) is 27.7 Å². The zero-order valence-electron chi connectivity index (χ0n) is 17.2. The Bertz CT molecular complexity index is 672. The summed E-state index contributed by atoms with van der Waals surface area (Å²) in [7, 11) is 0. The Balaban J connectivity index is 1.76. The number of Topliss-reactive ketones (excluding diaryl/α,β-unsaturated/α-hetero) is 2. The average Bonchev–Trinajstić information content (AvgIpc) is 2.52. The first kappa shape index (κ1) is 21.9. The molecule has 0 aromatic heterocycles. The van der Waals surface area contributed by atoms with E-state index in [0.717, 1.165) is 0 Å². The van der Waals surface area contributed by atoms with Crippen molar-refractivity contribution in [1.29, 1.82) is 0 Å². The monoisotopic (exact) mass is 390 g/mol. The summed E-state index contributed by atoms with van der Waals surface area (Å²) in [6.07, 6.45) is 2.81. The molecule has 2 N–H and O–H groups in total. The Morgan fingerprint density at radius 2 is 1.11 bits per heavy atom. The smallest absolute Gasteiger partial charge is 0.240 e. The summed E-state index contributed by atoms with van der Waals surface area (Å²) in [5.41, 5.74) is 5.88. The second kappa shape index (κ2) is 8.75. The van der Waals surface area contributed by atoms with E-state index in [0.29, 0.717) is 37.1 Å². The van der Waals surface area contributed by atoms with Crippen molar-refractivity contribution in [3.05, 3.63) is 0 Å². The van der Waals surface area contributed by atoms with Crippen LogP contribution in [0, 0.1) is 10.8 Å². The maximum absolute atomic E-state index is 11.9. The number of ketones is 2. The van der Waals surface area contributed by atoms with E-state index >= 15 is 0 Å². The van der Waals surface area contributed by atoms with E-state index in [4.69, 9.17) is 0 Å². The molecule has 28 heavy (non-hydrogen) atoms. The molecule has 0 bridgehead atoms. The molecule has 0 aromatic carbocycles. The Kier molecular flexibility index (Phi) is 6.85. The second-order valence-corrected chi connectivity index (χ2v) is 9.39. The third-order valence-corrected chi connectivity index (χ3v) is 4.78. The van der Waals surface area contributed by atoms with Crippen molar-refractivity contribution in [2.24, 2.45) is 21.0 Å². The first-order valence-electron chi connectivity index (χ1n) is 9.66. The van der Waals surface area contributed by atoms with Crippen molar-refractivity contribution < 1.29 is 19.2 Å². The van der Waals surface area contributed by atoms with Gasteiger partial charge in [0.2, 0.25) is 11.8 Å². The maximum Gasteiger partial charge on any atom is 0.240 e. The molecule has 0 aromatic rings. The normalized spacial score (nSPS) is 24.3. The predicted octanol–water partition coefficient (Wildman–Crippen LogP) is 2.27. The zero-order chi connectivity index (χ0) is 20.9. The van der Waals surface area contributed by atoms with Gasteiger partial charge in [0.25, 0.3) is 0 Å². The summed E-state index contributed by atoms with van der Waals surface area (Å²) in [5.74, 6) is -0.542. The van der Waals surface area contributed by atoms with Crippen LogP contribution in [0.3, 0.4) is 0 Å². The van der Waals surface area contributed by atoms with E-state index in [1.165, 1.54) is 0 Å². The van der Waals surface area contributed by atoms with Crippen LogP contribution in [0.4, 0.5) is 0 Å². The van der Waals surface area contributed by atoms with Gasteiger partial charge in [-0.3, -0.25) is 19.2 Å². The highest BCUT2D eigenvalue weighted by Gasteiger charge is 2.31. The van der Waals surface area contributed by atoms with Gasteiger partial charge in [0.1, 0.15) is 11.6 Å². The first-order chi connectivity index (χ1) is 12.9. The lowest BCUT2D eigenvalue weighted by Gasteiger charge is -2.29. The Morgan fingerprint density at radius 1 is 0.750 bits per heavy atom. The number of nitrogens with zero attached hydrogens (tertiary/aromatic N) is 2. The molecule has 0 heterocycles. The van der Waals surface area contributed by atoms with Gasteiger partial charge in [0, 0.05) is 49.9 Å². The molecule has 2 fully saturated rings. The minimum Gasteiger partial charge on any atom is -0.299 e. The molecule has 2 aliphatic rings. The summed E-state index contributed by atoms with van der Waals surface area (Å²) < 4.78 is 0. The van der Waals surface area contributed by atoms with Gasteiger partial charge in [-0.05, 0) is 23.7 Å². The minimum atomic E-state index is -0.389. The van der Waals surface area contributed by atoms with Crippen LogP contribution >= 0.6 is 0 Å². The van der Waals surface area contributed by atoms with Gasteiger partial charge < -0.3 is 0 Å². The molecule has 2 amide bonds. The van der Waals surface area contributed by atoms with Crippen molar-refractivity contribution >= 4 is 34.8 Å². The van der Waals surface area contributed by atoms with Gasteiger partial charge in [-0.1, -0.05) is 27.7 Å². The number of carbonyl (C=O) groups is 4. The van der Waals surface area contributed by atoms with Gasteiger partial charge in [0.15, 0.2) is 0 Å². The van der Waals surface area contributed by atoms with E-state index < -0.39 is 0 Å². The lowest BCUT2D eigenvalue weighted by atomic mass is 9.76. The number of nitrogens with one attached hydrogen (secondary N) is 2. The van der Waals surface area contributed by atoms with Crippen LogP contribution in [0.15, 0.2) is 10.2 Å². The summed E-state index contributed by atoms with van der Waals surface area (Å²) >= 11 is 0. The number of rotatable bonds is 5. The summed E-state index contributed by atoms with van der Waals surface area (Å²) in [6.45, 7) is 7.98. The highest BCUT2D eigenvalue weighted by Crippen LogP contribution is 2.32. The number of hydrogen-bond acceptors (Lipinski definition) is 6. The molecule has 0 atom stereocenters. The van der Waals surface area contributed by atoms with Crippen molar-refractivity contribution in [3.8, 4) is 0 Å². The van der Waals surface area contributed by atoms with Crippen LogP contribution in [-0.2, 0) is 19.2 Å². The lowest BCUT2D eigenvalue weighted by Crippen LogP contribution is -2.32. The molecular formula is C20H30N4O4. The topological polar surface area (TPSA) is 117 Å². The van der Waals surface area contributed by atoms with E-state index in [2.05, 4.69) is 21.1 Å². The van der Waals surface area contributed by atoms with Crippen LogP contribution < -0.4 is 10.9 Å². The fraction of sp³-hybridized carbons (Fsp3) is 0.700. The quantitative estimate of drug-likeness (QED) is 0.700. The Hall–Kier alpha value is -2.38. The first-order valence-corrected chi connectivity index (χ1v) is 9.66. The molecule has 2 saturated carbocycles. The third kappa shape index (κ3) is 7.32. The fourth-order valence-corrected chi connectivity index (χ4v) is 3.78. The molecule has 0 unspecified atom stereocenters. The molecule has 2 rings (SSSR count). The van der Waals surface area contributed by atoms with Crippen LogP contribution in [0.2, 0.25) is 0 Å². The largest absolute Gasteiger partial charge is 0.299 e. The van der Waals surface area contributed by atoms with Gasteiger partial charge in [-0.2, -0.15) is 10.2 Å². The number of hydrazone groups is 2. The molecule has 8 nitrogen and oxygen atoms in total. The highest BCUT2D eigenvalue weighted by molar-refractivity contribution is 6.05. The number of amides is 2. The molecule has 0 aliphatic heterocycles. The van der Waals surface area contributed by atoms with Gasteiger partial charge in [-0.15, -0.1) is 0 Å². The fourth-order valence-electron chi connectivity index (χ4n) is 3.78. The zero-order valence-corrected chi connectivity index (χ0v) is 17.2. The summed E-state index contributed by atoms with van der Waals surface area (Å²) in [6, 6.07) is 0. The van der Waals surface area contributed by atoms with Gasteiger partial charge >= 0.3 is 0 Å². The van der Waals surface area contributed by atoms with Crippen LogP contribution in [0.25, 0.3) is 0 Å². The van der Waals surface area contributed by atoms with E-state index in [1.54, 1.807) is 0 Å². The SMILES string of the molecule is CC1(C)CC(=O)C/C(=N\NC(=O)CCC(=O)N/N=C2\CC(=O)CC(C)(C)C2)C1. The van der Waals surface area contributed by atoms with Crippen LogP contribution in [0.5, 0.6) is 0 Å². The molecule has 0 radical (unpaired) electrons. The number of carbonyl (C=O) groups excluding carboxylic acids is 4.